The van der Waals surface area contributed by atoms with Crippen LogP contribution in [0, 0.1) is 0 Å². The summed E-state index contributed by atoms with van der Waals surface area (Å²) in [6.07, 6.45) is 0.533. The minimum Gasteiger partial charge on any atom is -0.232 e. The van der Waals surface area contributed by atoms with Gasteiger partial charge in [-0.05, 0) is 23.8 Å². The Balaban J connectivity index is 3.11. The summed E-state index contributed by atoms with van der Waals surface area (Å²) in [6, 6.07) is 5.21. The fourth-order valence-corrected chi connectivity index (χ4v) is 4.17. The third-order valence-electron chi connectivity index (χ3n) is 2.36. The first kappa shape index (κ1) is 17.6. The van der Waals surface area contributed by atoms with Crippen LogP contribution in [0.25, 0.3) is 0 Å². The lowest BCUT2D eigenvalue weighted by molar-refractivity contribution is 0.120. The Labute approximate surface area is 123 Å². The monoisotopic (exact) mass is 339 g/mol. The summed E-state index contributed by atoms with van der Waals surface area (Å²) in [5.74, 6) is 0.717. The molecule has 20 heavy (non-hydrogen) atoms. The lowest BCUT2D eigenvalue weighted by Crippen LogP contribution is -2.12. The molecule has 0 fully saturated rings. The quantitative estimate of drug-likeness (QED) is 0.337. The molecule has 0 saturated carbocycles. The average molecular weight is 339 g/mol. The number of rotatable bonds is 8. The van der Waals surface area contributed by atoms with Gasteiger partial charge in [0.05, 0.1) is 0 Å². The maximum absolute atomic E-state index is 12.2. The van der Waals surface area contributed by atoms with Crippen LogP contribution in [-0.4, -0.2) is 25.9 Å². The Kier molecular flexibility index (Phi) is 7.08. The topological polar surface area (TPSA) is 89.9 Å². The van der Waals surface area contributed by atoms with Gasteiger partial charge in [0.2, 0.25) is 6.79 Å². The number of hydrogen-bond donors (Lipinski definition) is 1. The summed E-state index contributed by atoms with van der Waals surface area (Å²) in [7, 11) is -6.93. The zero-order chi connectivity index (χ0) is 15.2. The van der Waals surface area contributed by atoms with E-state index in [0.29, 0.717) is 22.6 Å². The van der Waals surface area contributed by atoms with Crippen LogP contribution >= 0.6 is 20.0 Å². The van der Waals surface area contributed by atoms with Crippen LogP contribution in [0.3, 0.4) is 0 Å². The van der Waals surface area contributed by atoms with Crippen LogP contribution in [-0.2, 0) is 29.8 Å². The Morgan fingerprint density at radius 1 is 1.35 bits per heavy atom. The number of aryl methyl sites for hydroxylation is 1. The molecule has 0 aliphatic heterocycles. The lowest BCUT2D eigenvalue weighted by atomic mass is 10.2. The highest BCUT2D eigenvalue weighted by molar-refractivity contribution is 8.00. The smallest absolute Gasteiger partial charge is 0.232 e. The molecule has 1 atom stereocenters. The predicted molar refractivity (Wildman–Crippen MR) is 76.3 cm³/mol. The molecular formula is C11H16O6PS2+. The molecule has 1 N–H and O–H groups in total. The summed E-state index contributed by atoms with van der Waals surface area (Å²) in [5, 5.41) is 0. The van der Waals surface area contributed by atoms with Gasteiger partial charge in [-0.3, -0.25) is 0 Å². The van der Waals surface area contributed by atoms with Gasteiger partial charge in [0.15, 0.2) is 0 Å². The SMILES string of the molecule is CCSc1cccc(CC)c1S(=O)(=O)OCO[P+](=O)O. The number of thioether (sulfide) groups is 1. The standard InChI is InChI=1S/C11H15O6PS2/c1-3-9-6-5-7-10(19-4-2)11(9)20(14,15)17-8-16-18(12)13/h5-7H,3-4,8H2,1-2H3/p+1. The summed E-state index contributed by atoms with van der Waals surface area (Å²) >= 11 is 1.39. The van der Waals surface area contributed by atoms with Crippen LogP contribution in [0.4, 0.5) is 0 Å². The van der Waals surface area contributed by atoms with Crippen molar-refractivity contribution in [3.63, 3.8) is 0 Å². The first-order valence-corrected chi connectivity index (χ1v) is 9.38. The van der Waals surface area contributed by atoms with Crippen molar-refractivity contribution in [1.29, 1.82) is 0 Å². The normalized spacial score (nSPS) is 12.4. The molecule has 1 aromatic carbocycles. The Hall–Kier alpha value is -0.500. The van der Waals surface area contributed by atoms with Crippen LogP contribution in [0.2, 0.25) is 0 Å². The Morgan fingerprint density at radius 2 is 2.05 bits per heavy atom. The van der Waals surface area contributed by atoms with Crippen molar-refractivity contribution in [2.75, 3.05) is 12.5 Å². The van der Waals surface area contributed by atoms with Crippen molar-refractivity contribution in [1.82, 2.24) is 0 Å². The van der Waals surface area contributed by atoms with E-state index in [2.05, 4.69) is 8.71 Å². The first-order chi connectivity index (χ1) is 9.42. The molecule has 1 rings (SSSR count). The Morgan fingerprint density at radius 3 is 2.60 bits per heavy atom. The molecule has 9 heteroatoms. The molecule has 1 unspecified atom stereocenters. The highest BCUT2D eigenvalue weighted by atomic mass is 32.2. The van der Waals surface area contributed by atoms with E-state index in [4.69, 9.17) is 4.89 Å². The van der Waals surface area contributed by atoms with Crippen molar-refractivity contribution < 1.29 is 26.6 Å². The third kappa shape index (κ3) is 4.80. The van der Waals surface area contributed by atoms with Gasteiger partial charge in [-0.1, -0.05) is 30.5 Å². The number of hydrogen-bond acceptors (Lipinski definition) is 6. The van der Waals surface area contributed by atoms with Crippen LogP contribution in [0.5, 0.6) is 0 Å². The van der Waals surface area contributed by atoms with Gasteiger partial charge in [-0.15, -0.1) is 16.7 Å². The van der Waals surface area contributed by atoms with Crippen molar-refractivity contribution in [3.05, 3.63) is 23.8 Å². The molecule has 1 aromatic rings. The minimum atomic E-state index is -4.04. The summed E-state index contributed by atoms with van der Waals surface area (Å²) < 4.78 is 43.6. The first-order valence-electron chi connectivity index (χ1n) is 5.85. The summed E-state index contributed by atoms with van der Waals surface area (Å²) in [4.78, 5) is 9.17. The van der Waals surface area contributed by atoms with Gasteiger partial charge in [0, 0.05) is 9.46 Å². The largest absolute Gasteiger partial charge is 0.697 e. The number of benzene rings is 1. The second-order valence-corrected chi connectivity index (χ2v) is 7.18. The van der Waals surface area contributed by atoms with Crippen molar-refractivity contribution >= 4 is 30.1 Å². The second-order valence-electron chi connectivity index (χ2n) is 3.59. The molecule has 0 spiro atoms. The van der Waals surface area contributed by atoms with E-state index in [0.717, 1.165) is 0 Å². The zero-order valence-electron chi connectivity index (χ0n) is 11.1. The van der Waals surface area contributed by atoms with E-state index in [9.17, 15) is 13.0 Å². The summed E-state index contributed by atoms with van der Waals surface area (Å²) in [6.45, 7) is 2.97. The lowest BCUT2D eigenvalue weighted by Gasteiger charge is -2.12. The van der Waals surface area contributed by atoms with Crippen molar-refractivity contribution in [2.45, 2.75) is 30.1 Å². The maximum atomic E-state index is 12.2. The van der Waals surface area contributed by atoms with E-state index in [1.807, 2.05) is 13.8 Å². The highest BCUT2D eigenvalue weighted by Gasteiger charge is 2.25. The van der Waals surface area contributed by atoms with E-state index in [1.165, 1.54) is 11.8 Å². The van der Waals surface area contributed by atoms with Crippen molar-refractivity contribution in [3.8, 4) is 0 Å². The van der Waals surface area contributed by atoms with Crippen LogP contribution < -0.4 is 0 Å². The second kappa shape index (κ2) is 8.07. The molecule has 0 saturated heterocycles. The molecule has 112 valence electrons. The summed E-state index contributed by atoms with van der Waals surface area (Å²) in [5.41, 5.74) is 0.636. The minimum absolute atomic E-state index is 0.103. The zero-order valence-corrected chi connectivity index (χ0v) is 13.6. The van der Waals surface area contributed by atoms with Crippen LogP contribution in [0.15, 0.2) is 28.0 Å². The molecule has 0 radical (unpaired) electrons. The van der Waals surface area contributed by atoms with Gasteiger partial charge < -0.3 is 0 Å². The molecule has 0 heterocycles. The van der Waals surface area contributed by atoms with Gasteiger partial charge in [-0.25, -0.2) is 4.18 Å². The van der Waals surface area contributed by atoms with Gasteiger partial charge in [0.25, 0.3) is 0 Å². The van der Waals surface area contributed by atoms with Gasteiger partial charge in [0.1, 0.15) is 4.90 Å². The maximum Gasteiger partial charge on any atom is 0.697 e. The van der Waals surface area contributed by atoms with E-state index in [1.54, 1.807) is 18.2 Å². The molecular weight excluding hydrogens is 323 g/mol. The average Bonchev–Trinajstić information content (AvgIpc) is 2.37. The molecule has 6 nitrogen and oxygen atoms in total. The fraction of sp³-hybridized carbons (Fsp3) is 0.455. The molecule has 0 aromatic heterocycles. The molecule has 0 aliphatic carbocycles. The molecule has 0 amide bonds. The van der Waals surface area contributed by atoms with Crippen LogP contribution in [0.1, 0.15) is 19.4 Å². The van der Waals surface area contributed by atoms with E-state index >= 15 is 0 Å². The fourth-order valence-electron chi connectivity index (χ4n) is 1.58. The van der Waals surface area contributed by atoms with Gasteiger partial charge in [-0.2, -0.15) is 8.42 Å². The molecule has 0 bridgehead atoms. The molecule has 0 aliphatic rings. The predicted octanol–water partition coefficient (Wildman–Crippen LogP) is 2.69. The van der Waals surface area contributed by atoms with E-state index < -0.39 is 25.2 Å². The van der Waals surface area contributed by atoms with E-state index in [-0.39, 0.29) is 4.90 Å². The Bertz CT molecular complexity index is 572. The van der Waals surface area contributed by atoms with Crippen molar-refractivity contribution in [2.24, 2.45) is 0 Å². The van der Waals surface area contributed by atoms with Gasteiger partial charge >= 0.3 is 18.4 Å². The highest BCUT2D eigenvalue weighted by Crippen LogP contribution is 2.31. The third-order valence-corrected chi connectivity index (χ3v) is 5.14.